The van der Waals surface area contributed by atoms with Gasteiger partial charge in [0.15, 0.2) is 0 Å². The minimum absolute atomic E-state index is 0.171. The van der Waals surface area contributed by atoms with Crippen LogP contribution in [0.3, 0.4) is 0 Å². The van der Waals surface area contributed by atoms with E-state index in [4.69, 9.17) is 0 Å². The van der Waals surface area contributed by atoms with Crippen LogP contribution in [0.2, 0.25) is 0 Å². The van der Waals surface area contributed by atoms with Crippen LogP contribution in [0.4, 0.5) is 4.39 Å². The van der Waals surface area contributed by atoms with E-state index in [9.17, 15) is 9.18 Å². The zero-order valence-electron chi connectivity index (χ0n) is 11.6. The lowest BCUT2D eigenvalue weighted by Gasteiger charge is -2.21. The molecular weight excluding hydrogens is 255 g/mol. The molecule has 1 amide bonds. The third-order valence-corrected chi connectivity index (χ3v) is 4.64. The van der Waals surface area contributed by atoms with Gasteiger partial charge < -0.3 is 10.2 Å². The smallest absolute Gasteiger partial charge is 0.226 e. The number of rotatable bonds is 2. The number of hydrogen-bond donors (Lipinski definition) is 1. The number of carbonyl (C=O) groups excluding carboxylic acids is 1. The molecule has 2 aliphatic heterocycles. The molecule has 108 valence electrons. The van der Waals surface area contributed by atoms with Crippen molar-refractivity contribution < 1.29 is 9.18 Å². The summed E-state index contributed by atoms with van der Waals surface area (Å²) in [5.41, 5.74) is 0.891. The monoisotopic (exact) mass is 276 g/mol. The van der Waals surface area contributed by atoms with Crippen molar-refractivity contribution in [3.8, 4) is 0 Å². The topological polar surface area (TPSA) is 32.3 Å². The first-order chi connectivity index (χ1) is 9.72. The van der Waals surface area contributed by atoms with Gasteiger partial charge in [-0.1, -0.05) is 12.1 Å². The Morgan fingerprint density at radius 1 is 1.15 bits per heavy atom. The molecule has 1 aromatic rings. The molecule has 3 rings (SSSR count). The molecule has 1 aromatic carbocycles. The molecule has 0 bridgehead atoms. The second kappa shape index (κ2) is 5.92. The molecule has 2 saturated heterocycles. The van der Waals surface area contributed by atoms with Crippen LogP contribution in [-0.2, 0) is 11.2 Å². The molecule has 0 aromatic heterocycles. The van der Waals surface area contributed by atoms with Gasteiger partial charge in [-0.2, -0.15) is 0 Å². The Balaban J connectivity index is 1.58. The summed E-state index contributed by atoms with van der Waals surface area (Å²) in [4.78, 5) is 14.3. The average molecular weight is 276 g/mol. The Kier molecular flexibility index (Phi) is 4.01. The molecule has 0 unspecified atom stereocenters. The summed E-state index contributed by atoms with van der Waals surface area (Å²) in [7, 11) is 0. The van der Waals surface area contributed by atoms with Crippen LogP contribution < -0.4 is 5.32 Å². The Hall–Kier alpha value is -1.42. The Morgan fingerprint density at radius 3 is 2.35 bits per heavy atom. The molecule has 2 fully saturated rings. The minimum Gasteiger partial charge on any atom is -0.342 e. The molecular formula is C16H21FN2O. The number of amides is 1. The van der Waals surface area contributed by atoms with Crippen LogP contribution in [0.25, 0.3) is 0 Å². The van der Waals surface area contributed by atoms with Gasteiger partial charge in [0.1, 0.15) is 5.82 Å². The number of carbonyl (C=O) groups is 1. The number of hydrogen-bond acceptors (Lipinski definition) is 2. The molecule has 0 saturated carbocycles. The van der Waals surface area contributed by atoms with Gasteiger partial charge in [-0.15, -0.1) is 0 Å². The van der Waals surface area contributed by atoms with Crippen molar-refractivity contribution in [2.75, 3.05) is 26.2 Å². The maximum absolute atomic E-state index is 12.9. The molecule has 4 heteroatoms. The molecule has 0 aliphatic carbocycles. The van der Waals surface area contributed by atoms with Crippen molar-refractivity contribution >= 4 is 5.91 Å². The van der Waals surface area contributed by atoms with E-state index in [0.29, 0.717) is 6.42 Å². The summed E-state index contributed by atoms with van der Waals surface area (Å²) < 4.78 is 12.9. The Labute approximate surface area is 119 Å². The molecule has 2 heterocycles. The number of nitrogens with zero attached hydrogens (tertiary/aromatic N) is 1. The van der Waals surface area contributed by atoms with Crippen molar-refractivity contribution in [1.82, 2.24) is 10.2 Å². The van der Waals surface area contributed by atoms with Crippen molar-refractivity contribution in [2.24, 2.45) is 11.8 Å². The fourth-order valence-corrected chi connectivity index (χ4v) is 3.36. The van der Waals surface area contributed by atoms with Gasteiger partial charge in [0.2, 0.25) is 5.91 Å². The first-order valence-corrected chi connectivity index (χ1v) is 7.45. The van der Waals surface area contributed by atoms with E-state index in [-0.39, 0.29) is 11.7 Å². The first-order valence-electron chi connectivity index (χ1n) is 7.45. The number of benzene rings is 1. The minimum atomic E-state index is -0.253. The van der Waals surface area contributed by atoms with Gasteiger partial charge in [0, 0.05) is 13.1 Å². The largest absolute Gasteiger partial charge is 0.342 e. The van der Waals surface area contributed by atoms with E-state index in [0.717, 1.165) is 56.4 Å². The predicted molar refractivity (Wildman–Crippen MR) is 75.8 cm³/mol. The van der Waals surface area contributed by atoms with Gasteiger partial charge in [0.25, 0.3) is 0 Å². The highest BCUT2D eigenvalue weighted by atomic mass is 19.1. The van der Waals surface area contributed by atoms with Crippen molar-refractivity contribution in [1.29, 1.82) is 0 Å². The van der Waals surface area contributed by atoms with Gasteiger partial charge in [0.05, 0.1) is 6.42 Å². The molecule has 0 radical (unpaired) electrons. The summed E-state index contributed by atoms with van der Waals surface area (Å²) in [5, 5.41) is 3.44. The predicted octanol–water partition coefficient (Wildman–Crippen LogP) is 1.83. The summed E-state index contributed by atoms with van der Waals surface area (Å²) >= 11 is 0. The van der Waals surface area contributed by atoms with Gasteiger partial charge in [-0.05, 0) is 55.5 Å². The van der Waals surface area contributed by atoms with Crippen LogP contribution in [0, 0.1) is 17.7 Å². The van der Waals surface area contributed by atoms with Gasteiger partial charge >= 0.3 is 0 Å². The normalized spacial score (nSPS) is 26.1. The van der Waals surface area contributed by atoms with E-state index in [1.165, 1.54) is 12.1 Å². The molecule has 1 N–H and O–H groups in total. The highest BCUT2D eigenvalue weighted by Gasteiger charge is 2.31. The fourth-order valence-electron chi connectivity index (χ4n) is 3.36. The summed E-state index contributed by atoms with van der Waals surface area (Å²) in [6.07, 6.45) is 2.59. The first kappa shape index (κ1) is 13.6. The standard InChI is InChI=1S/C16H21FN2O/c17-15-3-1-12(2-4-15)9-16(20)19-7-5-13-10-18-11-14(13)6-8-19/h1-4,13-14,18H,5-11H2/t13-,14+. The second-order valence-electron chi connectivity index (χ2n) is 5.94. The molecule has 2 atom stereocenters. The second-order valence-corrected chi connectivity index (χ2v) is 5.94. The summed E-state index contributed by atoms with van der Waals surface area (Å²) in [5.74, 6) is 1.39. The highest BCUT2D eigenvalue weighted by Crippen LogP contribution is 2.27. The Morgan fingerprint density at radius 2 is 1.75 bits per heavy atom. The number of fused-ring (bicyclic) bond motifs is 1. The van der Waals surface area contributed by atoms with E-state index in [2.05, 4.69) is 5.32 Å². The zero-order chi connectivity index (χ0) is 13.9. The van der Waals surface area contributed by atoms with Crippen LogP contribution in [-0.4, -0.2) is 37.0 Å². The highest BCUT2D eigenvalue weighted by molar-refractivity contribution is 5.78. The van der Waals surface area contributed by atoms with Crippen LogP contribution in [0.5, 0.6) is 0 Å². The summed E-state index contributed by atoms with van der Waals surface area (Å²) in [6, 6.07) is 6.23. The van der Waals surface area contributed by atoms with Crippen molar-refractivity contribution in [3.05, 3.63) is 35.6 Å². The van der Waals surface area contributed by atoms with E-state index in [1.54, 1.807) is 12.1 Å². The maximum Gasteiger partial charge on any atom is 0.226 e. The lowest BCUT2D eigenvalue weighted by Crippen LogP contribution is -2.33. The van der Waals surface area contributed by atoms with Crippen LogP contribution in [0.1, 0.15) is 18.4 Å². The number of nitrogens with one attached hydrogen (secondary N) is 1. The van der Waals surface area contributed by atoms with E-state index in [1.807, 2.05) is 4.90 Å². The van der Waals surface area contributed by atoms with Gasteiger partial charge in [-0.25, -0.2) is 4.39 Å². The number of likely N-dealkylation sites (tertiary alicyclic amines) is 1. The van der Waals surface area contributed by atoms with Crippen LogP contribution >= 0.6 is 0 Å². The molecule has 2 aliphatic rings. The summed E-state index contributed by atoms with van der Waals surface area (Å²) in [6.45, 7) is 3.93. The Bertz CT molecular complexity index is 460. The third kappa shape index (κ3) is 3.01. The van der Waals surface area contributed by atoms with E-state index < -0.39 is 0 Å². The zero-order valence-corrected chi connectivity index (χ0v) is 11.6. The lowest BCUT2D eigenvalue weighted by atomic mass is 9.92. The molecule has 20 heavy (non-hydrogen) atoms. The van der Waals surface area contributed by atoms with E-state index >= 15 is 0 Å². The van der Waals surface area contributed by atoms with Crippen LogP contribution in [0.15, 0.2) is 24.3 Å². The lowest BCUT2D eigenvalue weighted by molar-refractivity contribution is -0.130. The van der Waals surface area contributed by atoms with Crippen molar-refractivity contribution in [3.63, 3.8) is 0 Å². The number of halogens is 1. The quantitative estimate of drug-likeness (QED) is 0.894. The third-order valence-electron chi connectivity index (χ3n) is 4.64. The van der Waals surface area contributed by atoms with Gasteiger partial charge in [-0.3, -0.25) is 4.79 Å². The SMILES string of the molecule is O=C(Cc1ccc(F)cc1)N1CC[C@@H]2CNC[C@@H]2CC1. The average Bonchev–Trinajstić information content (AvgIpc) is 2.80. The molecule has 0 spiro atoms. The maximum atomic E-state index is 12.9. The molecule has 3 nitrogen and oxygen atoms in total. The van der Waals surface area contributed by atoms with Crippen molar-refractivity contribution in [2.45, 2.75) is 19.3 Å². The fraction of sp³-hybridized carbons (Fsp3) is 0.562.